The van der Waals surface area contributed by atoms with Gasteiger partial charge in [-0.05, 0) is 29.9 Å². The van der Waals surface area contributed by atoms with Gasteiger partial charge in [-0.3, -0.25) is 0 Å². The molecule has 2 aromatic carbocycles. The van der Waals surface area contributed by atoms with E-state index in [1.54, 1.807) is 0 Å². The van der Waals surface area contributed by atoms with Crippen molar-refractivity contribution in [2.75, 3.05) is 0 Å². The van der Waals surface area contributed by atoms with Crippen molar-refractivity contribution in [3.05, 3.63) is 71.8 Å². The molecule has 1 saturated carbocycles. The minimum atomic E-state index is -0.445. The van der Waals surface area contributed by atoms with Crippen LogP contribution in [-0.4, -0.2) is 12.1 Å². The zero-order chi connectivity index (χ0) is 17.3. The average molecular weight is 333 g/mol. The molecule has 0 unspecified atom stereocenters. The maximum absolute atomic E-state index is 11.9. The Morgan fingerprint density at radius 1 is 0.920 bits per heavy atom. The zero-order valence-corrected chi connectivity index (χ0v) is 14.3. The summed E-state index contributed by atoms with van der Waals surface area (Å²) in [4.78, 5) is 11.9. The third-order valence-electron chi connectivity index (χ3n) is 4.54. The molecule has 25 heavy (non-hydrogen) atoms. The van der Waals surface area contributed by atoms with Gasteiger partial charge >= 0.3 is 6.09 Å². The van der Waals surface area contributed by atoms with Crippen LogP contribution in [0.25, 0.3) is 0 Å². The fourth-order valence-corrected chi connectivity index (χ4v) is 3.23. The van der Waals surface area contributed by atoms with Crippen LogP contribution >= 0.6 is 0 Å². The van der Waals surface area contributed by atoms with Crippen molar-refractivity contribution in [3.8, 4) is 12.0 Å². The van der Waals surface area contributed by atoms with Crippen molar-refractivity contribution in [2.45, 2.75) is 44.1 Å². The molecule has 0 saturated heterocycles. The normalized spacial score (nSPS) is 14.4. The van der Waals surface area contributed by atoms with Gasteiger partial charge in [0.15, 0.2) is 0 Å². The first-order valence-corrected chi connectivity index (χ1v) is 8.90. The highest BCUT2D eigenvalue weighted by molar-refractivity contribution is 5.68. The highest BCUT2D eigenvalue weighted by atomic mass is 16.5. The van der Waals surface area contributed by atoms with Crippen LogP contribution in [0.15, 0.2) is 60.7 Å². The molecule has 0 radical (unpaired) electrons. The summed E-state index contributed by atoms with van der Waals surface area (Å²) in [6, 6.07) is 20.3. The van der Waals surface area contributed by atoms with E-state index in [2.05, 4.69) is 17.3 Å². The smallest absolute Gasteiger partial charge is 0.356 e. The molecule has 0 heterocycles. The molecule has 0 bridgehead atoms. The van der Waals surface area contributed by atoms with E-state index in [4.69, 9.17) is 4.74 Å². The van der Waals surface area contributed by atoms with Crippen LogP contribution in [0.1, 0.15) is 49.1 Å². The lowest BCUT2D eigenvalue weighted by atomic mass is 9.92. The third kappa shape index (κ3) is 5.12. The molecule has 1 amide bonds. The Morgan fingerprint density at radius 3 is 2.04 bits per heavy atom. The molecular weight excluding hydrogens is 310 g/mol. The SMILES string of the molecule is O=C(NC1CCCCC1)OC#CC(c1ccccc1)c1ccccc1. The van der Waals surface area contributed by atoms with Crippen LogP contribution in [-0.2, 0) is 4.74 Å². The Balaban J connectivity index is 1.67. The minimum absolute atomic E-state index is 0.120. The van der Waals surface area contributed by atoms with Crippen LogP contribution in [0.5, 0.6) is 0 Å². The summed E-state index contributed by atoms with van der Waals surface area (Å²) in [5.41, 5.74) is 2.16. The average Bonchev–Trinajstić information content (AvgIpc) is 2.67. The molecule has 3 heteroatoms. The Labute approximate surface area is 149 Å². The molecule has 3 rings (SSSR count). The summed E-state index contributed by atoms with van der Waals surface area (Å²) in [5, 5.41) is 2.91. The summed E-state index contributed by atoms with van der Waals surface area (Å²) in [6.07, 6.45) is 7.81. The predicted molar refractivity (Wildman–Crippen MR) is 99.0 cm³/mol. The lowest BCUT2D eigenvalue weighted by molar-refractivity contribution is 0.183. The van der Waals surface area contributed by atoms with Crippen LogP contribution in [0.4, 0.5) is 4.79 Å². The molecule has 0 aliphatic heterocycles. The lowest BCUT2D eigenvalue weighted by Gasteiger charge is -2.21. The molecule has 128 valence electrons. The van der Waals surface area contributed by atoms with E-state index in [0.717, 1.165) is 24.0 Å². The van der Waals surface area contributed by atoms with Gasteiger partial charge in [-0.2, -0.15) is 0 Å². The standard InChI is InChI=1S/C22H23NO2/c24-22(23-20-14-8-3-9-15-20)25-17-16-21(18-10-4-1-5-11-18)19-12-6-2-7-13-19/h1-2,4-7,10-13,20-21H,3,8-9,14-15H2,(H,23,24). The van der Waals surface area contributed by atoms with Crippen molar-refractivity contribution in [1.29, 1.82) is 0 Å². The predicted octanol–water partition coefficient (Wildman–Crippen LogP) is 4.84. The number of amides is 1. The summed E-state index contributed by atoms with van der Waals surface area (Å²) in [7, 11) is 0. The van der Waals surface area contributed by atoms with E-state index in [1.807, 2.05) is 60.7 Å². The Hall–Kier alpha value is -2.73. The molecule has 0 aromatic heterocycles. The van der Waals surface area contributed by atoms with Gasteiger partial charge in [0.2, 0.25) is 0 Å². The van der Waals surface area contributed by atoms with Gasteiger partial charge in [0.1, 0.15) is 6.11 Å². The second-order valence-corrected chi connectivity index (χ2v) is 6.37. The molecular formula is C22H23NO2. The van der Waals surface area contributed by atoms with E-state index >= 15 is 0 Å². The number of carbonyl (C=O) groups is 1. The number of carbonyl (C=O) groups excluding carboxylic acids is 1. The van der Waals surface area contributed by atoms with Gasteiger partial charge in [-0.15, -0.1) is 0 Å². The first kappa shape index (κ1) is 17.1. The molecule has 1 aliphatic carbocycles. The quantitative estimate of drug-likeness (QED) is 0.816. The van der Waals surface area contributed by atoms with Gasteiger partial charge < -0.3 is 10.1 Å². The number of rotatable bonds is 3. The highest BCUT2D eigenvalue weighted by Gasteiger charge is 2.16. The number of ether oxygens (including phenoxy) is 1. The van der Waals surface area contributed by atoms with Crippen LogP contribution in [0.3, 0.4) is 0 Å². The fourth-order valence-electron chi connectivity index (χ4n) is 3.23. The monoisotopic (exact) mass is 333 g/mol. The first-order valence-electron chi connectivity index (χ1n) is 8.90. The number of hydrogen-bond donors (Lipinski definition) is 1. The van der Waals surface area contributed by atoms with Crippen molar-refractivity contribution in [2.24, 2.45) is 0 Å². The molecule has 3 nitrogen and oxygen atoms in total. The topological polar surface area (TPSA) is 38.3 Å². The maximum Gasteiger partial charge on any atom is 0.421 e. The Morgan fingerprint density at radius 2 is 1.48 bits per heavy atom. The fraction of sp³-hybridized carbons (Fsp3) is 0.318. The lowest BCUT2D eigenvalue weighted by Crippen LogP contribution is -2.35. The van der Waals surface area contributed by atoms with E-state index in [-0.39, 0.29) is 12.0 Å². The van der Waals surface area contributed by atoms with Crippen LogP contribution < -0.4 is 5.32 Å². The highest BCUT2D eigenvalue weighted by Crippen LogP contribution is 2.23. The molecule has 1 fully saturated rings. The minimum Gasteiger partial charge on any atom is -0.356 e. The second-order valence-electron chi connectivity index (χ2n) is 6.37. The van der Waals surface area contributed by atoms with Crippen molar-refractivity contribution in [1.82, 2.24) is 5.32 Å². The Kier molecular flexibility index (Phi) is 6.11. The van der Waals surface area contributed by atoms with Gasteiger partial charge in [-0.1, -0.05) is 79.9 Å². The Bertz CT molecular complexity index is 685. The number of alkyl carbamates (subject to hydrolysis) is 1. The van der Waals surface area contributed by atoms with Gasteiger partial charge in [-0.25, -0.2) is 4.79 Å². The van der Waals surface area contributed by atoms with Crippen LogP contribution in [0.2, 0.25) is 0 Å². The van der Waals surface area contributed by atoms with E-state index in [9.17, 15) is 4.79 Å². The molecule has 1 aliphatic rings. The second kappa shape index (κ2) is 8.94. The molecule has 0 atom stereocenters. The maximum atomic E-state index is 11.9. The molecule has 0 spiro atoms. The van der Waals surface area contributed by atoms with Gasteiger partial charge in [0, 0.05) is 6.04 Å². The number of benzene rings is 2. The van der Waals surface area contributed by atoms with Gasteiger partial charge in [0.25, 0.3) is 0 Å². The summed E-state index contributed by atoms with van der Waals surface area (Å²) >= 11 is 0. The van der Waals surface area contributed by atoms with Crippen molar-refractivity contribution >= 4 is 6.09 Å². The third-order valence-corrected chi connectivity index (χ3v) is 4.54. The summed E-state index contributed by atoms with van der Waals surface area (Å²) in [5.74, 6) is 2.97. The summed E-state index contributed by atoms with van der Waals surface area (Å²) < 4.78 is 5.11. The van der Waals surface area contributed by atoms with E-state index in [1.165, 1.54) is 19.3 Å². The van der Waals surface area contributed by atoms with Crippen molar-refractivity contribution < 1.29 is 9.53 Å². The number of nitrogens with one attached hydrogen (secondary N) is 1. The molecule has 2 aromatic rings. The van der Waals surface area contributed by atoms with Gasteiger partial charge in [0.05, 0.1) is 5.92 Å². The van der Waals surface area contributed by atoms with Crippen LogP contribution in [0, 0.1) is 12.0 Å². The number of hydrogen-bond acceptors (Lipinski definition) is 2. The van der Waals surface area contributed by atoms with Crippen molar-refractivity contribution in [3.63, 3.8) is 0 Å². The molecule has 1 N–H and O–H groups in total. The van der Waals surface area contributed by atoms with E-state index in [0.29, 0.717) is 0 Å². The largest absolute Gasteiger partial charge is 0.421 e. The first-order chi connectivity index (χ1) is 12.3. The summed E-state index contributed by atoms with van der Waals surface area (Å²) in [6.45, 7) is 0. The van der Waals surface area contributed by atoms with E-state index < -0.39 is 6.09 Å². The zero-order valence-electron chi connectivity index (χ0n) is 14.3.